The molecule has 2 heterocycles. The minimum atomic E-state index is -0.0568. The van der Waals surface area contributed by atoms with Crippen LogP contribution >= 0.6 is 0 Å². The summed E-state index contributed by atoms with van der Waals surface area (Å²) in [6, 6.07) is 9.31. The van der Waals surface area contributed by atoms with Gasteiger partial charge in [0.05, 0.1) is 12.5 Å². The molecular weight excluding hydrogens is 310 g/mol. The molecule has 3 rings (SSSR count). The molecule has 1 aromatic heterocycles. The van der Waals surface area contributed by atoms with Crippen molar-refractivity contribution < 1.29 is 18.7 Å². The monoisotopic (exact) mass is 331 g/mol. The number of aryl methyl sites for hydroxylation is 1. The van der Waals surface area contributed by atoms with Gasteiger partial charge in [-0.2, -0.15) is 0 Å². The van der Waals surface area contributed by atoms with E-state index in [9.17, 15) is 4.79 Å². The number of para-hydroxylation sites is 1. The van der Waals surface area contributed by atoms with E-state index in [1.54, 1.807) is 18.9 Å². The standard InChI is InChI=1S/C17H21N3O4/c1-12-18-19-17(24-12)15-9-20(8-13(15)10-22-2)16(21)11-23-14-6-4-3-5-7-14/h3-7,13,15H,8-11H2,1-2H3/t13-,15+/m0/s1. The first kappa shape index (κ1) is 16.4. The van der Waals surface area contributed by atoms with Gasteiger partial charge in [-0.1, -0.05) is 18.2 Å². The predicted octanol–water partition coefficient (Wildman–Crippen LogP) is 1.65. The fourth-order valence-electron chi connectivity index (χ4n) is 2.95. The molecule has 2 aromatic rings. The Bertz CT molecular complexity index is 673. The van der Waals surface area contributed by atoms with Gasteiger partial charge < -0.3 is 18.8 Å². The number of methoxy groups -OCH3 is 1. The number of hydrogen-bond acceptors (Lipinski definition) is 6. The van der Waals surface area contributed by atoms with E-state index < -0.39 is 0 Å². The Kier molecular flexibility index (Phi) is 5.10. The van der Waals surface area contributed by atoms with Gasteiger partial charge in [0.2, 0.25) is 11.8 Å². The minimum absolute atomic E-state index is 0.00757. The first-order chi connectivity index (χ1) is 11.7. The molecule has 1 aliphatic rings. The number of hydrogen-bond donors (Lipinski definition) is 0. The van der Waals surface area contributed by atoms with Gasteiger partial charge in [-0.05, 0) is 12.1 Å². The average Bonchev–Trinajstić information content (AvgIpc) is 3.20. The van der Waals surface area contributed by atoms with Gasteiger partial charge >= 0.3 is 0 Å². The molecule has 1 saturated heterocycles. The van der Waals surface area contributed by atoms with Crippen LogP contribution in [-0.2, 0) is 9.53 Å². The highest BCUT2D eigenvalue weighted by Gasteiger charge is 2.39. The molecule has 2 atom stereocenters. The predicted molar refractivity (Wildman–Crippen MR) is 85.7 cm³/mol. The van der Waals surface area contributed by atoms with E-state index in [2.05, 4.69) is 10.2 Å². The average molecular weight is 331 g/mol. The van der Waals surface area contributed by atoms with Gasteiger partial charge in [-0.3, -0.25) is 4.79 Å². The molecule has 0 N–H and O–H groups in total. The summed E-state index contributed by atoms with van der Waals surface area (Å²) in [5, 5.41) is 7.99. The summed E-state index contributed by atoms with van der Waals surface area (Å²) in [5.74, 6) is 1.84. The Hall–Kier alpha value is -2.41. The van der Waals surface area contributed by atoms with E-state index in [0.717, 1.165) is 0 Å². The van der Waals surface area contributed by atoms with Crippen molar-refractivity contribution in [1.82, 2.24) is 15.1 Å². The topological polar surface area (TPSA) is 77.7 Å². The van der Waals surface area contributed by atoms with Gasteiger partial charge in [0.15, 0.2) is 6.61 Å². The molecule has 0 spiro atoms. The molecule has 7 heteroatoms. The van der Waals surface area contributed by atoms with Crippen LogP contribution in [0.25, 0.3) is 0 Å². The van der Waals surface area contributed by atoms with Crippen LogP contribution in [0.3, 0.4) is 0 Å². The van der Waals surface area contributed by atoms with Crippen molar-refractivity contribution in [2.24, 2.45) is 5.92 Å². The number of carbonyl (C=O) groups excluding carboxylic acids is 1. The molecular formula is C17H21N3O4. The normalized spacial score (nSPS) is 20.3. The highest BCUT2D eigenvalue weighted by atomic mass is 16.5. The largest absolute Gasteiger partial charge is 0.484 e. The number of carbonyl (C=O) groups is 1. The lowest BCUT2D eigenvalue weighted by atomic mass is 9.97. The van der Waals surface area contributed by atoms with Crippen molar-refractivity contribution in [1.29, 1.82) is 0 Å². The van der Waals surface area contributed by atoms with Crippen LogP contribution in [0.15, 0.2) is 34.7 Å². The Morgan fingerprint density at radius 2 is 2.08 bits per heavy atom. The summed E-state index contributed by atoms with van der Waals surface area (Å²) in [4.78, 5) is 14.2. The van der Waals surface area contributed by atoms with Crippen molar-refractivity contribution in [2.45, 2.75) is 12.8 Å². The van der Waals surface area contributed by atoms with Crippen molar-refractivity contribution in [3.63, 3.8) is 0 Å². The van der Waals surface area contributed by atoms with Crippen molar-refractivity contribution in [3.8, 4) is 5.75 Å². The number of aromatic nitrogens is 2. The maximum atomic E-state index is 12.4. The van der Waals surface area contributed by atoms with Crippen LogP contribution in [0.4, 0.5) is 0 Å². The van der Waals surface area contributed by atoms with E-state index in [0.29, 0.717) is 37.2 Å². The second-order valence-electron chi connectivity index (χ2n) is 5.88. The third-order valence-electron chi connectivity index (χ3n) is 4.14. The van der Waals surface area contributed by atoms with Gasteiger partial charge in [0, 0.05) is 33.0 Å². The zero-order valence-corrected chi connectivity index (χ0v) is 13.8. The molecule has 0 bridgehead atoms. The van der Waals surface area contributed by atoms with Crippen molar-refractivity contribution in [2.75, 3.05) is 33.4 Å². The van der Waals surface area contributed by atoms with E-state index >= 15 is 0 Å². The molecule has 1 aromatic carbocycles. The highest BCUT2D eigenvalue weighted by molar-refractivity contribution is 5.78. The van der Waals surface area contributed by atoms with Crippen LogP contribution < -0.4 is 4.74 Å². The van der Waals surface area contributed by atoms with Gasteiger partial charge in [-0.15, -0.1) is 10.2 Å². The lowest BCUT2D eigenvalue weighted by Crippen LogP contribution is -2.33. The second-order valence-corrected chi connectivity index (χ2v) is 5.88. The Morgan fingerprint density at radius 1 is 1.29 bits per heavy atom. The summed E-state index contributed by atoms with van der Waals surface area (Å²) in [6.07, 6.45) is 0. The van der Waals surface area contributed by atoms with Crippen LogP contribution in [0.1, 0.15) is 17.7 Å². The number of nitrogens with zero attached hydrogens (tertiary/aromatic N) is 3. The molecule has 0 unspecified atom stereocenters. The fourth-order valence-corrected chi connectivity index (χ4v) is 2.95. The summed E-state index contributed by atoms with van der Waals surface area (Å²) in [6.45, 7) is 3.44. The molecule has 128 valence electrons. The summed E-state index contributed by atoms with van der Waals surface area (Å²) in [7, 11) is 1.65. The molecule has 0 aliphatic carbocycles. The van der Waals surface area contributed by atoms with Crippen molar-refractivity contribution in [3.05, 3.63) is 42.1 Å². The maximum Gasteiger partial charge on any atom is 0.260 e. The molecule has 1 amide bonds. The molecule has 0 radical (unpaired) electrons. The lowest BCUT2D eigenvalue weighted by Gasteiger charge is -2.16. The van der Waals surface area contributed by atoms with E-state index in [1.165, 1.54) is 0 Å². The van der Waals surface area contributed by atoms with Gasteiger partial charge in [0.25, 0.3) is 5.91 Å². The zero-order valence-electron chi connectivity index (χ0n) is 13.8. The van der Waals surface area contributed by atoms with Crippen molar-refractivity contribution >= 4 is 5.91 Å². The Morgan fingerprint density at radius 3 is 2.75 bits per heavy atom. The van der Waals surface area contributed by atoms with Crippen LogP contribution in [0, 0.1) is 12.8 Å². The molecule has 1 fully saturated rings. The van der Waals surface area contributed by atoms with E-state index in [4.69, 9.17) is 13.9 Å². The third-order valence-corrected chi connectivity index (χ3v) is 4.14. The minimum Gasteiger partial charge on any atom is -0.484 e. The summed E-state index contributed by atoms with van der Waals surface area (Å²) < 4.78 is 16.4. The van der Waals surface area contributed by atoms with E-state index in [-0.39, 0.29) is 24.3 Å². The fraction of sp³-hybridized carbons (Fsp3) is 0.471. The summed E-state index contributed by atoms with van der Waals surface area (Å²) in [5.41, 5.74) is 0. The molecule has 1 aliphatic heterocycles. The van der Waals surface area contributed by atoms with Crippen LogP contribution in [0.5, 0.6) is 5.75 Å². The second kappa shape index (κ2) is 7.44. The number of likely N-dealkylation sites (tertiary alicyclic amines) is 1. The third kappa shape index (κ3) is 3.73. The maximum absolute atomic E-state index is 12.4. The highest BCUT2D eigenvalue weighted by Crippen LogP contribution is 2.32. The smallest absolute Gasteiger partial charge is 0.260 e. The first-order valence-electron chi connectivity index (χ1n) is 7.92. The lowest BCUT2D eigenvalue weighted by molar-refractivity contribution is -0.132. The summed E-state index contributed by atoms with van der Waals surface area (Å²) >= 11 is 0. The van der Waals surface area contributed by atoms with E-state index in [1.807, 2.05) is 30.3 Å². The Balaban J connectivity index is 1.62. The number of rotatable bonds is 6. The molecule has 7 nitrogen and oxygen atoms in total. The quantitative estimate of drug-likeness (QED) is 0.801. The SMILES string of the molecule is COC[C@@H]1CN(C(=O)COc2ccccc2)C[C@H]1c1nnc(C)o1. The Labute approximate surface area is 140 Å². The number of amides is 1. The zero-order chi connectivity index (χ0) is 16.9. The van der Waals surface area contributed by atoms with Crippen LogP contribution in [-0.4, -0.2) is 54.4 Å². The van der Waals surface area contributed by atoms with Gasteiger partial charge in [0.1, 0.15) is 5.75 Å². The molecule has 0 saturated carbocycles. The van der Waals surface area contributed by atoms with Gasteiger partial charge in [-0.25, -0.2) is 0 Å². The first-order valence-corrected chi connectivity index (χ1v) is 7.92. The molecule has 24 heavy (non-hydrogen) atoms. The number of ether oxygens (including phenoxy) is 2. The number of benzene rings is 1. The van der Waals surface area contributed by atoms with Crippen LogP contribution in [0.2, 0.25) is 0 Å².